The summed E-state index contributed by atoms with van der Waals surface area (Å²) in [5.74, 6) is 1.61. The highest BCUT2D eigenvalue weighted by atomic mass is 16.5. The molecule has 1 heterocycles. The van der Waals surface area contributed by atoms with Crippen LogP contribution < -0.4 is 14.8 Å². The summed E-state index contributed by atoms with van der Waals surface area (Å²) >= 11 is 0. The number of carbonyl (C=O) groups excluding carboxylic acids is 1. The molecule has 4 rings (SSSR count). The van der Waals surface area contributed by atoms with Gasteiger partial charge in [0, 0.05) is 17.3 Å². The van der Waals surface area contributed by atoms with E-state index in [0.717, 1.165) is 12.0 Å². The lowest BCUT2D eigenvalue weighted by molar-refractivity contribution is -0.118. The number of amides is 1. The van der Waals surface area contributed by atoms with E-state index in [9.17, 15) is 4.79 Å². The Bertz CT molecular complexity index is 1170. The van der Waals surface area contributed by atoms with Gasteiger partial charge in [0.2, 0.25) is 5.89 Å². The van der Waals surface area contributed by atoms with E-state index < -0.39 is 0 Å². The van der Waals surface area contributed by atoms with Gasteiger partial charge < -0.3 is 19.2 Å². The van der Waals surface area contributed by atoms with Gasteiger partial charge in [0.05, 0.1) is 7.11 Å². The standard InChI is InChI=1S/C24H22N2O4/c1-3-16-7-9-19(10-8-16)29-15-23(27)25-18-6-4-5-17(13-18)24-26-21-14-20(28-2)11-12-22(21)30-24/h4-14H,3,15H2,1-2H3,(H,25,27). The molecule has 4 aromatic rings. The number of oxazole rings is 1. The third-order valence-electron chi connectivity index (χ3n) is 4.69. The Hall–Kier alpha value is -3.80. The fourth-order valence-electron chi connectivity index (χ4n) is 3.06. The van der Waals surface area contributed by atoms with Crippen molar-refractivity contribution in [3.8, 4) is 23.0 Å². The van der Waals surface area contributed by atoms with Gasteiger partial charge in [-0.1, -0.05) is 25.1 Å². The van der Waals surface area contributed by atoms with Crippen molar-refractivity contribution in [2.75, 3.05) is 19.0 Å². The first kappa shape index (κ1) is 19.5. The van der Waals surface area contributed by atoms with Gasteiger partial charge in [0.15, 0.2) is 12.2 Å². The predicted molar refractivity (Wildman–Crippen MR) is 116 cm³/mol. The van der Waals surface area contributed by atoms with E-state index in [1.165, 1.54) is 5.56 Å². The van der Waals surface area contributed by atoms with Crippen molar-refractivity contribution in [2.45, 2.75) is 13.3 Å². The number of fused-ring (bicyclic) bond motifs is 1. The largest absolute Gasteiger partial charge is 0.497 e. The Kier molecular flexibility index (Phi) is 5.66. The molecule has 1 aromatic heterocycles. The average molecular weight is 402 g/mol. The zero-order chi connectivity index (χ0) is 20.9. The molecule has 1 amide bonds. The van der Waals surface area contributed by atoms with E-state index in [2.05, 4.69) is 17.2 Å². The lowest BCUT2D eigenvalue weighted by atomic mass is 10.2. The molecule has 152 valence electrons. The zero-order valence-electron chi connectivity index (χ0n) is 16.8. The number of benzene rings is 3. The lowest BCUT2D eigenvalue weighted by Crippen LogP contribution is -2.20. The molecule has 0 aliphatic carbocycles. The SMILES string of the molecule is CCc1ccc(OCC(=O)Nc2cccc(-c3nc4cc(OC)ccc4o3)c2)cc1. The molecule has 0 saturated carbocycles. The van der Waals surface area contributed by atoms with Gasteiger partial charge in [-0.25, -0.2) is 4.98 Å². The topological polar surface area (TPSA) is 73.6 Å². The minimum atomic E-state index is -0.242. The van der Waals surface area contributed by atoms with Crippen molar-refractivity contribution in [2.24, 2.45) is 0 Å². The number of nitrogens with zero attached hydrogens (tertiary/aromatic N) is 1. The van der Waals surface area contributed by atoms with Crippen molar-refractivity contribution in [3.63, 3.8) is 0 Å². The molecule has 0 unspecified atom stereocenters. The third-order valence-corrected chi connectivity index (χ3v) is 4.69. The van der Waals surface area contributed by atoms with Crippen molar-refractivity contribution in [3.05, 3.63) is 72.3 Å². The van der Waals surface area contributed by atoms with E-state index in [1.807, 2.05) is 66.7 Å². The minimum absolute atomic E-state index is 0.0711. The van der Waals surface area contributed by atoms with Crippen molar-refractivity contribution in [1.82, 2.24) is 4.98 Å². The summed E-state index contributed by atoms with van der Waals surface area (Å²) in [5, 5.41) is 2.84. The van der Waals surface area contributed by atoms with Crippen LogP contribution in [0.1, 0.15) is 12.5 Å². The number of aryl methyl sites for hydroxylation is 1. The van der Waals surface area contributed by atoms with E-state index in [0.29, 0.717) is 34.2 Å². The van der Waals surface area contributed by atoms with Crippen LogP contribution in [0.3, 0.4) is 0 Å². The molecular weight excluding hydrogens is 380 g/mol. The quantitative estimate of drug-likeness (QED) is 0.466. The number of rotatable bonds is 7. The van der Waals surface area contributed by atoms with Crippen LogP contribution in [-0.4, -0.2) is 24.6 Å². The molecule has 0 spiro atoms. The number of ether oxygens (including phenoxy) is 2. The first-order valence-electron chi connectivity index (χ1n) is 9.71. The molecule has 0 atom stereocenters. The maximum absolute atomic E-state index is 12.3. The predicted octanol–water partition coefficient (Wildman–Crippen LogP) is 5.08. The molecular formula is C24H22N2O4. The number of aromatic nitrogens is 1. The Morgan fingerprint density at radius 2 is 1.83 bits per heavy atom. The summed E-state index contributed by atoms with van der Waals surface area (Å²) in [6, 6.07) is 20.5. The number of anilines is 1. The Morgan fingerprint density at radius 1 is 1.03 bits per heavy atom. The number of carbonyl (C=O) groups is 1. The minimum Gasteiger partial charge on any atom is -0.497 e. The van der Waals surface area contributed by atoms with Gasteiger partial charge in [-0.05, 0) is 54.4 Å². The maximum atomic E-state index is 12.3. The summed E-state index contributed by atoms with van der Waals surface area (Å²) in [6.07, 6.45) is 0.963. The molecule has 0 bridgehead atoms. The Morgan fingerprint density at radius 3 is 2.60 bits per heavy atom. The summed E-state index contributed by atoms with van der Waals surface area (Å²) in [4.78, 5) is 16.8. The molecule has 0 aliphatic heterocycles. The molecule has 3 aromatic carbocycles. The summed E-state index contributed by atoms with van der Waals surface area (Å²) < 4.78 is 16.6. The van der Waals surface area contributed by atoms with Gasteiger partial charge in [-0.3, -0.25) is 4.79 Å². The number of hydrogen-bond donors (Lipinski definition) is 1. The molecule has 1 N–H and O–H groups in total. The van der Waals surface area contributed by atoms with Gasteiger partial charge in [-0.15, -0.1) is 0 Å². The summed E-state index contributed by atoms with van der Waals surface area (Å²) in [6.45, 7) is 2.02. The zero-order valence-corrected chi connectivity index (χ0v) is 16.8. The van der Waals surface area contributed by atoms with Crippen LogP contribution in [0.4, 0.5) is 5.69 Å². The smallest absolute Gasteiger partial charge is 0.262 e. The van der Waals surface area contributed by atoms with Crippen molar-refractivity contribution >= 4 is 22.7 Å². The van der Waals surface area contributed by atoms with E-state index in [1.54, 1.807) is 7.11 Å². The van der Waals surface area contributed by atoms with Crippen LogP contribution in [-0.2, 0) is 11.2 Å². The molecule has 6 heteroatoms. The second-order valence-corrected chi connectivity index (χ2v) is 6.77. The van der Waals surface area contributed by atoms with Gasteiger partial charge >= 0.3 is 0 Å². The highest BCUT2D eigenvalue weighted by Crippen LogP contribution is 2.28. The van der Waals surface area contributed by atoms with Crippen LogP contribution in [0.15, 0.2) is 71.1 Å². The second kappa shape index (κ2) is 8.69. The molecule has 30 heavy (non-hydrogen) atoms. The van der Waals surface area contributed by atoms with E-state index in [4.69, 9.17) is 13.9 Å². The lowest BCUT2D eigenvalue weighted by Gasteiger charge is -2.08. The molecule has 6 nitrogen and oxygen atoms in total. The molecule has 0 fully saturated rings. The van der Waals surface area contributed by atoms with E-state index >= 15 is 0 Å². The van der Waals surface area contributed by atoms with Gasteiger partial charge in [0.1, 0.15) is 17.0 Å². The maximum Gasteiger partial charge on any atom is 0.262 e. The highest BCUT2D eigenvalue weighted by Gasteiger charge is 2.11. The summed E-state index contributed by atoms with van der Waals surface area (Å²) in [7, 11) is 1.61. The molecule has 0 saturated heterocycles. The van der Waals surface area contributed by atoms with Crippen LogP contribution in [0.25, 0.3) is 22.6 Å². The number of nitrogens with one attached hydrogen (secondary N) is 1. The first-order chi connectivity index (χ1) is 14.6. The second-order valence-electron chi connectivity index (χ2n) is 6.77. The monoisotopic (exact) mass is 402 g/mol. The fourth-order valence-corrected chi connectivity index (χ4v) is 3.06. The van der Waals surface area contributed by atoms with Crippen LogP contribution in [0, 0.1) is 0 Å². The highest BCUT2D eigenvalue weighted by molar-refractivity contribution is 5.92. The average Bonchev–Trinajstić information content (AvgIpc) is 3.21. The van der Waals surface area contributed by atoms with Crippen molar-refractivity contribution in [1.29, 1.82) is 0 Å². The Balaban J connectivity index is 1.43. The number of methoxy groups -OCH3 is 1. The summed E-state index contributed by atoms with van der Waals surface area (Å²) in [5.41, 5.74) is 4.01. The van der Waals surface area contributed by atoms with Gasteiger partial charge in [0.25, 0.3) is 5.91 Å². The van der Waals surface area contributed by atoms with Crippen LogP contribution in [0.2, 0.25) is 0 Å². The Labute approximate surface area is 174 Å². The van der Waals surface area contributed by atoms with Crippen molar-refractivity contribution < 1.29 is 18.7 Å². The molecule has 0 aliphatic rings. The number of hydrogen-bond acceptors (Lipinski definition) is 5. The van der Waals surface area contributed by atoms with Crippen LogP contribution >= 0.6 is 0 Å². The van der Waals surface area contributed by atoms with Crippen LogP contribution in [0.5, 0.6) is 11.5 Å². The third kappa shape index (κ3) is 4.43. The normalized spacial score (nSPS) is 10.7. The fraction of sp³-hybridized carbons (Fsp3) is 0.167. The van der Waals surface area contributed by atoms with Gasteiger partial charge in [-0.2, -0.15) is 0 Å². The van der Waals surface area contributed by atoms with E-state index in [-0.39, 0.29) is 12.5 Å². The molecule has 0 radical (unpaired) electrons. The first-order valence-corrected chi connectivity index (χ1v) is 9.71.